The standard InChI is InChI=1S/C13H13ClN2O4S2/c1-20-13(17)7-10(11-3-2-6-21-11)16-22(18,19)9-4-5-12(14)15-8-9/h2-6,8,10,16H,7H2,1H3. The first-order valence-corrected chi connectivity index (χ1v) is 8.90. The van der Waals surface area contributed by atoms with Gasteiger partial charge in [-0.05, 0) is 23.6 Å². The number of methoxy groups -OCH3 is 1. The smallest absolute Gasteiger partial charge is 0.307 e. The van der Waals surface area contributed by atoms with Gasteiger partial charge in [-0.1, -0.05) is 17.7 Å². The molecule has 1 atom stereocenters. The molecule has 0 saturated heterocycles. The Bertz CT molecular complexity index is 730. The fraction of sp³-hybridized carbons (Fsp3) is 0.231. The largest absolute Gasteiger partial charge is 0.469 e. The maximum absolute atomic E-state index is 12.4. The fourth-order valence-corrected chi connectivity index (χ4v) is 3.84. The number of ether oxygens (including phenoxy) is 1. The molecule has 0 spiro atoms. The Labute approximate surface area is 137 Å². The lowest BCUT2D eigenvalue weighted by Gasteiger charge is -2.16. The average Bonchev–Trinajstić information content (AvgIpc) is 3.01. The van der Waals surface area contributed by atoms with Gasteiger partial charge in [-0.15, -0.1) is 11.3 Å². The maximum Gasteiger partial charge on any atom is 0.307 e. The van der Waals surface area contributed by atoms with Crippen LogP contribution in [0.4, 0.5) is 0 Å². The predicted octanol–water partition coefficient (Wildman–Crippen LogP) is 2.38. The predicted molar refractivity (Wildman–Crippen MR) is 83.3 cm³/mol. The number of nitrogens with one attached hydrogen (secondary N) is 1. The van der Waals surface area contributed by atoms with Crippen molar-refractivity contribution in [3.8, 4) is 0 Å². The van der Waals surface area contributed by atoms with E-state index in [-0.39, 0.29) is 16.5 Å². The summed E-state index contributed by atoms with van der Waals surface area (Å²) >= 11 is 7.00. The molecule has 0 bridgehead atoms. The van der Waals surface area contributed by atoms with Crippen LogP contribution in [0.15, 0.2) is 40.7 Å². The summed E-state index contributed by atoms with van der Waals surface area (Å²) in [4.78, 5) is 15.9. The second kappa shape index (κ2) is 7.19. The van der Waals surface area contributed by atoms with Gasteiger partial charge in [0.15, 0.2) is 0 Å². The van der Waals surface area contributed by atoms with Crippen molar-refractivity contribution in [2.24, 2.45) is 0 Å². The number of sulfonamides is 1. The van der Waals surface area contributed by atoms with Crippen molar-refractivity contribution in [1.82, 2.24) is 9.71 Å². The SMILES string of the molecule is COC(=O)CC(NS(=O)(=O)c1ccc(Cl)nc1)c1cccs1. The van der Waals surface area contributed by atoms with E-state index in [2.05, 4.69) is 14.4 Å². The highest BCUT2D eigenvalue weighted by Crippen LogP contribution is 2.25. The molecule has 0 aliphatic rings. The van der Waals surface area contributed by atoms with Gasteiger partial charge >= 0.3 is 5.97 Å². The van der Waals surface area contributed by atoms with Crippen LogP contribution in [0.25, 0.3) is 0 Å². The van der Waals surface area contributed by atoms with Crippen LogP contribution in [0.2, 0.25) is 5.15 Å². The van der Waals surface area contributed by atoms with Crippen molar-refractivity contribution in [2.45, 2.75) is 17.4 Å². The minimum absolute atomic E-state index is 0.0247. The molecule has 0 aliphatic heterocycles. The normalized spacial score (nSPS) is 12.8. The first-order chi connectivity index (χ1) is 10.4. The molecule has 0 aromatic carbocycles. The third kappa shape index (κ3) is 4.26. The second-order valence-electron chi connectivity index (χ2n) is 4.29. The van der Waals surface area contributed by atoms with E-state index in [0.717, 1.165) is 11.1 Å². The van der Waals surface area contributed by atoms with Gasteiger partial charge in [0.2, 0.25) is 10.0 Å². The molecule has 0 saturated carbocycles. The van der Waals surface area contributed by atoms with Crippen molar-refractivity contribution >= 4 is 38.9 Å². The van der Waals surface area contributed by atoms with Crippen molar-refractivity contribution < 1.29 is 17.9 Å². The number of esters is 1. The molecule has 6 nitrogen and oxygen atoms in total. The van der Waals surface area contributed by atoms with Gasteiger partial charge in [-0.3, -0.25) is 4.79 Å². The molecule has 2 aromatic heterocycles. The number of halogens is 1. The van der Waals surface area contributed by atoms with Gasteiger partial charge in [-0.25, -0.2) is 18.1 Å². The van der Waals surface area contributed by atoms with E-state index >= 15 is 0 Å². The zero-order valence-electron chi connectivity index (χ0n) is 11.5. The number of nitrogens with zero attached hydrogens (tertiary/aromatic N) is 1. The van der Waals surface area contributed by atoms with Crippen LogP contribution in [0.1, 0.15) is 17.3 Å². The highest BCUT2D eigenvalue weighted by Gasteiger charge is 2.25. The lowest BCUT2D eigenvalue weighted by Crippen LogP contribution is -2.30. The van der Waals surface area contributed by atoms with Gasteiger partial charge in [0.25, 0.3) is 0 Å². The number of rotatable bonds is 6. The van der Waals surface area contributed by atoms with E-state index in [0.29, 0.717) is 0 Å². The summed E-state index contributed by atoms with van der Waals surface area (Å²) in [7, 11) is -2.57. The minimum atomic E-state index is -3.83. The van der Waals surface area contributed by atoms with Crippen LogP contribution < -0.4 is 4.72 Å². The molecule has 118 valence electrons. The summed E-state index contributed by atoms with van der Waals surface area (Å²) in [5.41, 5.74) is 0. The summed E-state index contributed by atoms with van der Waals surface area (Å²) in [6.07, 6.45) is 1.06. The molecule has 2 rings (SSSR count). The molecule has 9 heteroatoms. The Hall–Kier alpha value is -1.48. The van der Waals surface area contributed by atoms with Crippen molar-refractivity contribution in [3.05, 3.63) is 45.9 Å². The number of carbonyl (C=O) groups is 1. The Balaban J connectivity index is 2.25. The zero-order valence-corrected chi connectivity index (χ0v) is 13.9. The number of hydrogen-bond acceptors (Lipinski definition) is 6. The molecule has 0 radical (unpaired) electrons. The first-order valence-electron chi connectivity index (χ1n) is 6.16. The Kier molecular flexibility index (Phi) is 5.52. The van der Waals surface area contributed by atoms with E-state index < -0.39 is 22.0 Å². The molecule has 0 aliphatic carbocycles. The van der Waals surface area contributed by atoms with Crippen LogP contribution in [0.3, 0.4) is 0 Å². The summed E-state index contributed by atoms with van der Waals surface area (Å²) < 4.78 is 31.9. The molecule has 22 heavy (non-hydrogen) atoms. The van der Waals surface area contributed by atoms with Crippen LogP contribution in [0, 0.1) is 0 Å². The molecule has 0 fully saturated rings. The van der Waals surface area contributed by atoms with E-state index in [4.69, 9.17) is 11.6 Å². The number of hydrogen-bond donors (Lipinski definition) is 1. The van der Waals surface area contributed by atoms with Gasteiger partial charge in [0, 0.05) is 11.1 Å². The van der Waals surface area contributed by atoms with Gasteiger partial charge in [0.1, 0.15) is 10.0 Å². The summed E-state index contributed by atoms with van der Waals surface area (Å²) in [5, 5.41) is 2.00. The highest BCUT2D eigenvalue weighted by atomic mass is 35.5. The lowest BCUT2D eigenvalue weighted by atomic mass is 10.2. The van der Waals surface area contributed by atoms with E-state index in [1.807, 2.05) is 0 Å². The number of aromatic nitrogens is 1. The van der Waals surface area contributed by atoms with Gasteiger partial charge in [-0.2, -0.15) is 0 Å². The number of pyridine rings is 1. The molecular weight excluding hydrogens is 348 g/mol. The minimum Gasteiger partial charge on any atom is -0.469 e. The number of carbonyl (C=O) groups excluding carboxylic acids is 1. The van der Waals surface area contributed by atoms with Gasteiger partial charge < -0.3 is 4.74 Å². The Morgan fingerprint density at radius 3 is 2.77 bits per heavy atom. The quantitative estimate of drug-likeness (QED) is 0.631. The second-order valence-corrected chi connectivity index (χ2v) is 7.37. The monoisotopic (exact) mass is 360 g/mol. The topological polar surface area (TPSA) is 85.4 Å². The third-order valence-corrected chi connectivity index (χ3v) is 5.46. The maximum atomic E-state index is 12.4. The number of thiophene rings is 1. The summed E-state index contributed by atoms with van der Waals surface area (Å²) in [5.74, 6) is -0.504. The van der Waals surface area contributed by atoms with E-state index in [1.165, 1.54) is 30.6 Å². The molecule has 2 aromatic rings. The van der Waals surface area contributed by atoms with Crippen molar-refractivity contribution in [2.75, 3.05) is 7.11 Å². The van der Waals surface area contributed by atoms with Crippen molar-refractivity contribution in [3.63, 3.8) is 0 Å². The Morgan fingerprint density at radius 2 is 2.23 bits per heavy atom. The highest BCUT2D eigenvalue weighted by molar-refractivity contribution is 7.89. The van der Waals surface area contributed by atoms with Crippen LogP contribution in [-0.2, 0) is 19.6 Å². The van der Waals surface area contributed by atoms with Crippen LogP contribution >= 0.6 is 22.9 Å². The van der Waals surface area contributed by atoms with Crippen molar-refractivity contribution in [1.29, 1.82) is 0 Å². The molecule has 0 amide bonds. The molecule has 1 unspecified atom stereocenters. The van der Waals surface area contributed by atoms with E-state index in [1.54, 1.807) is 17.5 Å². The zero-order chi connectivity index (χ0) is 16.2. The molecule has 1 N–H and O–H groups in total. The lowest BCUT2D eigenvalue weighted by molar-refractivity contribution is -0.141. The molecule has 2 heterocycles. The van der Waals surface area contributed by atoms with E-state index in [9.17, 15) is 13.2 Å². The fourth-order valence-electron chi connectivity index (χ4n) is 1.72. The average molecular weight is 361 g/mol. The van der Waals surface area contributed by atoms with Crippen LogP contribution in [0.5, 0.6) is 0 Å². The van der Waals surface area contributed by atoms with Gasteiger partial charge in [0.05, 0.1) is 19.6 Å². The third-order valence-electron chi connectivity index (χ3n) is 2.79. The summed E-state index contributed by atoms with van der Waals surface area (Å²) in [6, 6.07) is 5.56. The Morgan fingerprint density at radius 1 is 1.45 bits per heavy atom. The summed E-state index contributed by atoms with van der Waals surface area (Å²) in [6.45, 7) is 0. The van der Waals surface area contributed by atoms with Crippen LogP contribution in [-0.4, -0.2) is 26.5 Å². The molecular formula is C13H13ClN2O4S2. The first kappa shape index (κ1) is 16.9.